The summed E-state index contributed by atoms with van der Waals surface area (Å²) in [6.45, 7) is 4.81. The molecule has 1 rings (SSSR count). The Kier molecular flexibility index (Phi) is 7.30. The zero-order valence-corrected chi connectivity index (χ0v) is 12.9. The lowest BCUT2D eigenvalue weighted by Gasteiger charge is -2.20. The molecule has 0 saturated carbocycles. The van der Waals surface area contributed by atoms with Crippen LogP contribution in [-0.2, 0) is 16.0 Å². The average molecular weight is 297 g/mol. The average Bonchev–Trinajstić information content (AvgIpc) is 2.85. The van der Waals surface area contributed by atoms with Crippen molar-refractivity contribution in [2.75, 3.05) is 6.54 Å². The van der Waals surface area contributed by atoms with E-state index in [1.807, 2.05) is 16.8 Å². The van der Waals surface area contributed by atoms with Crippen LogP contribution in [0.3, 0.4) is 0 Å². The summed E-state index contributed by atoms with van der Waals surface area (Å²) in [6, 6.07) is 1.95. The first kappa shape index (κ1) is 16.7. The van der Waals surface area contributed by atoms with E-state index in [1.54, 1.807) is 11.3 Å². The van der Waals surface area contributed by atoms with Crippen LogP contribution in [-0.4, -0.2) is 23.5 Å². The molecule has 112 valence electrons. The van der Waals surface area contributed by atoms with E-state index in [4.69, 9.17) is 5.11 Å². The number of amides is 1. The summed E-state index contributed by atoms with van der Waals surface area (Å²) in [7, 11) is 0. The normalized spacial score (nSPS) is 12.3. The van der Waals surface area contributed by atoms with Crippen LogP contribution in [0.5, 0.6) is 0 Å². The second-order valence-corrected chi connectivity index (χ2v) is 6.16. The number of rotatable bonds is 9. The molecule has 0 aliphatic heterocycles. The predicted molar refractivity (Wildman–Crippen MR) is 80.8 cm³/mol. The number of aliphatic carboxylic acids is 1. The maximum atomic E-state index is 11.7. The topological polar surface area (TPSA) is 66.4 Å². The molecule has 0 fully saturated rings. The summed E-state index contributed by atoms with van der Waals surface area (Å²) in [4.78, 5) is 22.3. The van der Waals surface area contributed by atoms with Crippen molar-refractivity contribution in [2.45, 2.75) is 39.5 Å². The maximum Gasteiger partial charge on any atom is 0.303 e. The lowest BCUT2D eigenvalue weighted by Crippen LogP contribution is -2.28. The molecule has 0 aliphatic carbocycles. The van der Waals surface area contributed by atoms with Crippen LogP contribution in [0.2, 0.25) is 0 Å². The first-order valence-corrected chi connectivity index (χ1v) is 7.93. The van der Waals surface area contributed by atoms with E-state index in [-0.39, 0.29) is 12.3 Å². The van der Waals surface area contributed by atoms with Crippen LogP contribution in [0, 0.1) is 11.8 Å². The van der Waals surface area contributed by atoms with Crippen LogP contribution < -0.4 is 5.32 Å². The third-order valence-corrected chi connectivity index (χ3v) is 4.19. The number of thiophene rings is 1. The Hall–Kier alpha value is -1.36. The molecule has 1 atom stereocenters. The van der Waals surface area contributed by atoms with Gasteiger partial charge in [-0.2, -0.15) is 11.3 Å². The molecule has 4 nitrogen and oxygen atoms in total. The van der Waals surface area contributed by atoms with Crippen molar-refractivity contribution in [3.63, 3.8) is 0 Å². The minimum Gasteiger partial charge on any atom is -0.481 e. The second-order valence-electron chi connectivity index (χ2n) is 5.38. The molecule has 0 aliphatic rings. The van der Waals surface area contributed by atoms with Gasteiger partial charge in [0.15, 0.2) is 0 Å². The van der Waals surface area contributed by atoms with Crippen molar-refractivity contribution in [1.29, 1.82) is 0 Å². The third kappa shape index (κ3) is 6.70. The van der Waals surface area contributed by atoms with Gasteiger partial charge >= 0.3 is 5.97 Å². The van der Waals surface area contributed by atoms with Gasteiger partial charge in [0.25, 0.3) is 0 Å². The van der Waals surface area contributed by atoms with E-state index < -0.39 is 5.97 Å². The van der Waals surface area contributed by atoms with Gasteiger partial charge in [-0.3, -0.25) is 9.59 Å². The van der Waals surface area contributed by atoms with Crippen molar-refractivity contribution in [1.82, 2.24) is 5.32 Å². The molecule has 1 aromatic heterocycles. The van der Waals surface area contributed by atoms with E-state index in [1.165, 1.54) is 0 Å². The Morgan fingerprint density at radius 1 is 1.35 bits per heavy atom. The maximum absolute atomic E-state index is 11.7. The van der Waals surface area contributed by atoms with Crippen LogP contribution >= 0.6 is 11.3 Å². The van der Waals surface area contributed by atoms with Crippen molar-refractivity contribution in [3.05, 3.63) is 22.4 Å². The van der Waals surface area contributed by atoms with E-state index in [0.29, 0.717) is 31.2 Å². The molecule has 0 aromatic carbocycles. The van der Waals surface area contributed by atoms with E-state index >= 15 is 0 Å². The highest BCUT2D eigenvalue weighted by atomic mass is 32.1. The first-order valence-electron chi connectivity index (χ1n) is 6.98. The molecular weight excluding hydrogens is 274 g/mol. The van der Waals surface area contributed by atoms with Gasteiger partial charge < -0.3 is 10.4 Å². The van der Waals surface area contributed by atoms with Gasteiger partial charge in [-0.05, 0) is 47.1 Å². The summed E-state index contributed by atoms with van der Waals surface area (Å²) < 4.78 is 0. The van der Waals surface area contributed by atoms with Crippen LogP contribution in [0.4, 0.5) is 0 Å². The van der Waals surface area contributed by atoms with Crippen LogP contribution in [0.1, 0.15) is 38.7 Å². The standard InChI is InChI=1S/C15H23NO3S/c1-11(2)13(3-4-15(18)19)5-7-16-14(17)9-12-6-8-20-10-12/h6,8,10-11,13H,3-5,7,9H2,1-2H3,(H,16,17)(H,18,19). The SMILES string of the molecule is CC(C)C(CCNC(=O)Cc1ccsc1)CCC(=O)O. The smallest absolute Gasteiger partial charge is 0.303 e. The summed E-state index contributed by atoms with van der Waals surface area (Å²) in [6.07, 6.45) is 2.13. The zero-order chi connectivity index (χ0) is 15.0. The number of hydrogen-bond acceptors (Lipinski definition) is 3. The van der Waals surface area contributed by atoms with E-state index in [9.17, 15) is 9.59 Å². The van der Waals surface area contributed by atoms with E-state index in [0.717, 1.165) is 12.0 Å². The highest BCUT2D eigenvalue weighted by Gasteiger charge is 2.15. The summed E-state index contributed by atoms with van der Waals surface area (Å²) in [5, 5.41) is 15.6. The van der Waals surface area contributed by atoms with Gasteiger partial charge in [-0.25, -0.2) is 0 Å². The Bertz CT molecular complexity index is 415. The molecular formula is C15H23NO3S. The highest BCUT2D eigenvalue weighted by Crippen LogP contribution is 2.20. The van der Waals surface area contributed by atoms with Crippen molar-refractivity contribution in [2.24, 2.45) is 11.8 Å². The van der Waals surface area contributed by atoms with Crippen LogP contribution in [0.15, 0.2) is 16.8 Å². The molecule has 5 heteroatoms. The van der Waals surface area contributed by atoms with Crippen molar-refractivity contribution >= 4 is 23.2 Å². The Morgan fingerprint density at radius 2 is 2.10 bits per heavy atom. The molecule has 1 amide bonds. The molecule has 1 aromatic rings. The van der Waals surface area contributed by atoms with Gasteiger partial charge in [0.1, 0.15) is 0 Å². The lowest BCUT2D eigenvalue weighted by atomic mass is 9.88. The highest BCUT2D eigenvalue weighted by molar-refractivity contribution is 7.07. The molecule has 1 heterocycles. The Balaban J connectivity index is 2.25. The lowest BCUT2D eigenvalue weighted by molar-refractivity contribution is -0.137. The van der Waals surface area contributed by atoms with Gasteiger partial charge in [0, 0.05) is 13.0 Å². The number of carboxylic acids is 1. The minimum atomic E-state index is -0.753. The van der Waals surface area contributed by atoms with E-state index in [2.05, 4.69) is 19.2 Å². The molecule has 0 saturated heterocycles. The van der Waals surface area contributed by atoms with Gasteiger partial charge in [0.05, 0.1) is 6.42 Å². The van der Waals surface area contributed by atoms with Crippen molar-refractivity contribution < 1.29 is 14.7 Å². The number of carbonyl (C=O) groups is 2. The van der Waals surface area contributed by atoms with Gasteiger partial charge in [-0.1, -0.05) is 13.8 Å². The minimum absolute atomic E-state index is 0.0316. The molecule has 0 spiro atoms. The molecule has 2 N–H and O–H groups in total. The van der Waals surface area contributed by atoms with Crippen molar-refractivity contribution in [3.8, 4) is 0 Å². The summed E-state index contributed by atoms with van der Waals surface area (Å²) in [5.74, 6) is 0.0527. The first-order chi connectivity index (χ1) is 9.49. The quantitative estimate of drug-likeness (QED) is 0.736. The predicted octanol–water partition coefficient (Wildman–Crippen LogP) is 2.93. The fourth-order valence-electron chi connectivity index (χ4n) is 2.16. The summed E-state index contributed by atoms with van der Waals surface area (Å²) >= 11 is 1.59. The van der Waals surface area contributed by atoms with Crippen LogP contribution in [0.25, 0.3) is 0 Å². The number of carboxylic acid groups (broad SMARTS) is 1. The molecule has 20 heavy (non-hydrogen) atoms. The Labute approximate surface area is 124 Å². The summed E-state index contributed by atoms with van der Waals surface area (Å²) in [5.41, 5.74) is 1.04. The molecule has 0 radical (unpaired) electrons. The monoisotopic (exact) mass is 297 g/mol. The van der Waals surface area contributed by atoms with Gasteiger partial charge in [-0.15, -0.1) is 0 Å². The largest absolute Gasteiger partial charge is 0.481 e. The van der Waals surface area contributed by atoms with Gasteiger partial charge in [0.2, 0.25) is 5.91 Å². The second kappa shape index (κ2) is 8.74. The molecule has 1 unspecified atom stereocenters. The fourth-order valence-corrected chi connectivity index (χ4v) is 2.83. The number of hydrogen-bond donors (Lipinski definition) is 2. The number of carbonyl (C=O) groups excluding carboxylic acids is 1. The fraction of sp³-hybridized carbons (Fsp3) is 0.600. The third-order valence-electron chi connectivity index (χ3n) is 3.45. The number of nitrogens with one attached hydrogen (secondary N) is 1. The Morgan fingerprint density at radius 3 is 2.65 bits per heavy atom. The zero-order valence-electron chi connectivity index (χ0n) is 12.1. The molecule has 0 bridgehead atoms.